The zero-order chi connectivity index (χ0) is 16.9. The molecule has 0 bridgehead atoms. The van der Waals surface area contributed by atoms with E-state index in [1.807, 2.05) is 29.1 Å². The van der Waals surface area contributed by atoms with Crippen LogP contribution in [0, 0.1) is 0 Å². The van der Waals surface area contributed by atoms with Crippen molar-refractivity contribution in [2.24, 2.45) is 7.05 Å². The molecule has 2 amide bonds. The summed E-state index contributed by atoms with van der Waals surface area (Å²) in [5.74, 6) is 0.243. The monoisotopic (exact) mass is 379 g/mol. The first kappa shape index (κ1) is 16.7. The third-order valence-electron chi connectivity index (χ3n) is 2.97. The van der Waals surface area contributed by atoms with Gasteiger partial charge in [-0.1, -0.05) is 23.9 Å². The molecule has 24 heavy (non-hydrogen) atoms. The van der Waals surface area contributed by atoms with Gasteiger partial charge in [-0.25, -0.2) is 0 Å². The molecule has 7 nitrogen and oxygen atoms in total. The van der Waals surface area contributed by atoms with E-state index in [-0.39, 0.29) is 17.6 Å². The van der Waals surface area contributed by atoms with E-state index in [1.54, 1.807) is 28.8 Å². The molecule has 3 heterocycles. The lowest BCUT2D eigenvalue weighted by Crippen LogP contribution is -2.42. The van der Waals surface area contributed by atoms with Crippen LogP contribution in [-0.4, -0.2) is 32.3 Å². The average Bonchev–Trinajstić information content (AvgIpc) is 3.32. The molecular weight excluding hydrogens is 366 g/mol. The van der Waals surface area contributed by atoms with E-state index in [0.717, 1.165) is 10.7 Å². The van der Waals surface area contributed by atoms with E-state index in [9.17, 15) is 9.59 Å². The third kappa shape index (κ3) is 3.83. The van der Waals surface area contributed by atoms with E-state index in [0.29, 0.717) is 10.0 Å². The Morgan fingerprint density at radius 1 is 1.17 bits per heavy atom. The number of thiophene rings is 2. The summed E-state index contributed by atoms with van der Waals surface area (Å²) in [5, 5.41) is 12.7. The fraction of sp³-hybridized carbons (Fsp3) is 0.143. The number of aromatic nitrogens is 3. The lowest BCUT2D eigenvalue weighted by molar-refractivity contribution is -0.119. The second-order valence-corrected chi connectivity index (χ2v) is 7.45. The number of thioether (sulfide) groups is 1. The molecule has 3 rings (SSSR count). The van der Waals surface area contributed by atoms with E-state index < -0.39 is 0 Å². The number of carbonyl (C=O) groups excluding carboxylic acids is 2. The van der Waals surface area contributed by atoms with Crippen molar-refractivity contribution in [2.45, 2.75) is 5.16 Å². The van der Waals surface area contributed by atoms with Gasteiger partial charge in [-0.3, -0.25) is 20.4 Å². The van der Waals surface area contributed by atoms with Crippen molar-refractivity contribution in [2.75, 3.05) is 5.75 Å². The van der Waals surface area contributed by atoms with Gasteiger partial charge in [0.2, 0.25) is 5.91 Å². The molecule has 0 radical (unpaired) electrons. The Labute approximate surface area is 150 Å². The first-order valence-electron chi connectivity index (χ1n) is 6.84. The van der Waals surface area contributed by atoms with Gasteiger partial charge in [0.25, 0.3) is 5.91 Å². The molecule has 2 N–H and O–H groups in total. The summed E-state index contributed by atoms with van der Waals surface area (Å²) in [6, 6.07) is 7.38. The minimum Gasteiger partial charge on any atom is -0.304 e. The summed E-state index contributed by atoms with van der Waals surface area (Å²) in [4.78, 5) is 25.1. The Balaban J connectivity index is 1.51. The molecule has 10 heteroatoms. The van der Waals surface area contributed by atoms with Crippen LogP contribution in [0.2, 0.25) is 0 Å². The van der Waals surface area contributed by atoms with Gasteiger partial charge in [-0.15, -0.1) is 32.9 Å². The van der Waals surface area contributed by atoms with Gasteiger partial charge in [0, 0.05) is 7.05 Å². The van der Waals surface area contributed by atoms with Crippen molar-refractivity contribution in [3.63, 3.8) is 0 Å². The van der Waals surface area contributed by atoms with Crippen LogP contribution in [0.4, 0.5) is 0 Å². The van der Waals surface area contributed by atoms with Gasteiger partial charge < -0.3 is 4.57 Å². The highest BCUT2D eigenvalue weighted by Crippen LogP contribution is 2.25. The molecule has 0 saturated carbocycles. The Bertz CT molecular complexity index is 827. The van der Waals surface area contributed by atoms with Crippen molar-refractivity contribution in [1.29, 1.82) is 0 Å². The summed E-state index contributed by atoms with van der Waals surface area (Å²) >= 11 is 4.14. The van der Waals surface area contributed by atoms with Crippen molar-refractivity contribution < 1.29 is 9.59 Å². The summed E-state index contributed by atoms with van der Waals surface area (Å²) in [6.07, 6.45) is 0. The Morgan fingerprint density at radius 3 is 2.67 bits per heavy atom. The van der Waals surface area contributed by atoms with Crippen LogP contribution in [0.25, 0.3) is 10.7 Å². The molecule has 3 aromatic heterocycles. The molecule has 0 spiro atoms. The summed E-state index contributed by atoms with van der Waals surface area (Å²) in [7, 11) is 1.86. The lowest BCUT2D eigenvalue weighted by atomic mass is 10.4. The van der Waals surface area contributed by atoms with Crippen LogP contribution >= 0.6 is 34.4 Å². The SMILES string of the molecule is Cn1c(SCC(=O)NNC(=O)c2cccs2)nnc1-c1cccs1. The van der Waals surface area contributed by atoms with Crippen molar-refractivity contribution in [1.82, 2.24) is 25.6 Å². The molecule has 0 atom stereocenters. The minimum absolute atomic E-state index is 0.126. The van der Waals surface area contributed by atoms with Crippen LogP contribution in [0.5, 0.6) is 0 Å². The molecule has 0 aliphatic carbocycles. The molecule has 3 aromatic rings. The maximum absolute atomic E-state index is 11.8. The fourth-order valence-corrected chi connectivity index (χ4v) is 3.90. The molecule has 124 valence electrons. The second kappa shape index (κ2) is 7.60. The topological polar surface area (TPSA) is 88.9 Å². The van der Waals surface area contributed by atoms with Crippen LogP contribution in [0.1, 0.15) is 9.67 Å². The highest BCUT2D eigenvalue weighted by molar-refractivity contribution is 7.99. The Hall–Kier alpha value is -2.17. The van der Waals surface area contributed by atoms with E-state index >= 15 is 0 Å². The molecule has 0 aromatic carbocycles. The maximum Gasteiger partial charge on any atom is 0.279 e. The van der Waals surface area contributed by atoms with E-state index in [2.05, 4.69) is 21.0 Å². The van der Waals surface area contributed by atoms with Gasteiger partial charge in [0.1, 0.15) is 0 Å². The van der Waals surface area contributed by atoms with Crippen molar-refractivity contribution >= 4 is 46.2 Å². The summed E-state index contributed by atoms with van der Waals surface area (Å²) in [6.45, 7) is 0. The average molecular weight is 379 g/mol. The highest BCUT2D eigenvalue weighted by atomic mass is 32.2. The van der Waals surface area contributed by atoms with Gasteiger partial charge in [-0.05, 0) is 22.9 Å². The fourth-order valence-electron chi connectivity index (χ4n) is 1.82. The minimum atomic E-state index is -0.331. The van der Waals surface area contributed by atoms with Gasteiger partial charge in [-0.2, -0.15) is 0 Å². The number of nitrogens with zero attached hydrogens (tertiary/aromatic N) is 3. The molecule has 0 aliphatic rings. The zero-order valence-corrected chi connectivity index (χ0v) is 15.0. The number of rotatable bonds is 5. The van der Waals surface area contributed by atoms with Crippen LogP contribution < -0.4 is 10.9 Å². The second-order valence-electron chi connectivity index (χ2n) is 4.61. The van der Waals surface area contributed by atoms with Crippen LogP contribution in [-0.2, 0) is 11.8 Å². The number of hydrazine groups is 1. The normalized spacial score (nSPS) is 10.5. The van der Waals surface area contributed by atoms with Crippen molar-refractivity contribution in [3.8, 4) is 10.7 Å². The molecular formula is C14H13N5O2S3. The zero-order valence-electron chi connectivity index (χ0n) is 12.6. The van der Waals surface area contributed by atoms with Gasteiger partial charge in [0.15, 0.2) is 11.0 Å². The smallest absolute Gasteiger partial charge is 0.279 e. The predicted molar refractivity (Wildman–Crippen MR) is 95.0 cm³/mol. The molecule has 0 aliphatic heterocycles. The summed E-state index contributed by atoms with van der Waals surface area (Å²) < 4.78 is 1.84. The predicted octanol–water partition coefficient (Wildman–Crippen LogP) is 2.16. The number of amides is 2. The Morgan fingerprint density at radius 2 is 1.96 bits per heavy atom. The highest BCUT2D eigenvalue weighted by Gasteiger charge is 2.14. The number of nitrogens with one attached hydrogen (secondary N) is 2. The van der Waals surface area contributed by atoms with E-state index in [1.165, 1.54) is 23.1 Å². The number of hydrogen-bond donors (Lipinski definition) is 2. The Kier molecular flexibility index (Phi) is 5.28. The first-order valence-corrected chi connectivity index (χ1v) is 9.58. The standard InChI is InChI=1S/C14H13N5O2S3/c1-19-12(9-4-2-6-22-9)16-18-14(19)24-8-11(20)15-17-13(21)10-5-3-7-23-10/h2-7H,8H2,1H3,(H,15,20)(H,17,21). The van der Waals surface area contributed by atoms with Crippen molar-refractivity contribution in [3.05, 3.63) is 39.9 Å². The van der Waals surface area contributed by atoms with E-state index in [4.69, 9.17) is 0 Å². The van der Waals surface area contributed by atoms with Crippen LogP contribution in [0.15, 0.2) is 40.2 Å². The molecule has 0 saturated heterocycles. The van der Waals surface area contributed by atoms with Crippen LogP contribution in [0.3, 0.4) is 0 Å². The lowest BCUT2D eigenvalue weighted by Gasteiger charge is -2.06. The number of hydrogen-bond acceptors (Lipinski definition) is 7. The largest absolute Gasteiger partial charge is 0.304 e. The van der Waals surface area contributed by atoms with Gasteiger partial charge >= 0.3 is 0 Å². The molecule has 0 unspecified atom stereocenters. The third-order valence-corrected chi connectivity index (χ3v) is 5.72. The maximum atomic E-state index is 11.8. The molecule has 0 fully saturated rings. The summed E-state index contributed by atoms with van der Waals surface area (Å²) in [5.41, 5.74) is 4.77. The van der Waals surface area contributed by atoms with Gasteiger partial charge in [0.05, 0.1) is 15.5 Å². The quantitative estimate of drug-likeness (QED) is 0.524. The number of carbonyl (C=O) groups is 2. The first-order chi connectivity index (χ1) is 11.6.